The molecule has 0 aliphatic rings. The fourth-order valence-corrected chi connectivity index (χ4v) is 2.25. The molecule has 0 atom stereocenters. The van der Waals surface area contributed by atoms with Gasteiger partial charge in [0.2, 0.25) is 0 Å². The van der Waals surface area contributed by atoms with E-state index in [2.05, 4.69) is 15.4 Å². The van der Waals surface area contributed by atoms with E-state index in [-0.39, 0.29) is 21.5 Å². The van der Waals surface area contributed by atoms with Crippen molar-refractivity contribution in [3.05, 3.63) is 53.1 Å². The number of ether oxygens (including phenoxy) is 1. The largest absolute Gasteiger partial charge is 0.573 e. The van der Waals surface area contributed by atoms with Crippen molar-refractivity contribution in [1.82, 2.24) is 0 Å². The highest BCUT2D eigenvalue weighted by Crippen LogP contribution is 2.34. The van der Waals surface area contributed by atoms with Crippen molar-refractivity contribution in [3.63, 3.8) is 0 Å². The summed E-state index contributed by atoms with van der Waals surface area (Å²) in [5.74, 6) is -0.484. The lowest BCUT2D eigenvalue weighted by Crippen LogP contribution is -2.20. The van der Waals surface area contributed by atoms with Gasteiger partial charge in [-0.3, -0.25) is 0 Å². The van der Waals surface area contributed by atoms with Crippen molar-refractivity contribution < 1.29 is 31.1 Å². The molecule has 0 aromatic heterocycles. The molecule has 2 aromatic rings. The summed E-state index contributed by atoms with van der Waals surface area (Å²) in [5.41, 5.74) is -0.915. The first-order valence-corrected chi connectivity index (χ1v) is 7.53. The summed E-state index contributed by atoms with van der Waals surface area (Å²) in [5, 5.41) is 4.81. The van der Waals surface area contributed by atoms with Crippen molar-refractivity contribution in [1.29, 1.82) is 0 Å². The van der Waals surface area contributed by atoms with E-state index in [1.165, 1.54) is 12.1 Å². The molecule has 11 heteroatoms. The topological polar surface area (TPSA) is 33.3 Å². The quantitative estimate of drug-likeness (QED) is 0.472. The van der Waals surface area contributed by atoms with Crippen LogP contribution in [0.25, 0.3) is 0 Å². The third-order valence-corrected chi connectivity index (χ3v) is 3.40. The Kier molecular flexibility index (Phi) is 5.87. The number of nitrogens with one attached hydrogen (secondary N) is 2. The molecular weight excluding hydrogens is 406 g/mol. The second-order valence-corrected chi connectivity index (χ2v) is 5.66. The van der Waals surface area contributed by atoms with Crippen molar-refractivity contribution in [3.8, 4) is 5.75 Å². The number of hydrogen-bond donors (Lipinski definition) is 2. The monoisotopic (exact) mass is 414 g/mol. The molecule has 0 bridgehead atoms. The van der Waals surface area contributed by atoms with Crippen molar-refractivity contribution in [2.24, 2.45) is 0 Å². The van der Waals surface area contributed by atoms with Crippen molar-refractivity contribution in [2.45, 2.75) is 12.5 Å². The van der Waals surface area contributed by atoms with Gasteiger partial charge in [-0.2, -0.15) is 13.2 Å². The van der Waals surface area contributed by atoms with Crippen LogP contribution in [0.4, 0.5) is 37.7 Å². The van der Waals surface area contributed by atoms with Crippen molar-refractivity contribution >= 4 is 40.3 Å². The van der Waals surface area contributed by atoms with Gasteiger partial charge in [-0.05, 0) is 42.5 Å². The van der Waals surface area contributed by atoms with E-state index in [0.29, 0.717) is 0 Å². The van der Waals surface area contributed by atoms with E-state index in [4.69, 9.17) is 23.8 Å². The van der Waals surface area contributed by atoms with E-state index in [9.17, 15) is 26.3 Å². The maximum atomic E-state index is 12.7. The first-order chi connectivity index (χ1) is 11.9. The van der Waals surface area contributed by atoms with Gasteiger partial charge < -0.3 is 15.4 Å². The summed E-state index contributed by atoms with van der Waals surface area (Å²) in [6, 6.07) is 7.40. The van der Waals surface area contributed by atoms with Gasteiger partial charge in [0.15, 0.2) is 5.11 Å². The Bertz CT molecular complexity index is 809. The number of thiocarbonyl (C=S) groups is 1. The predicted molar refractivity (Wildman–Crippen MR) is 89.4 cm³/mol. The fraction of sp³-hybridized carbons (Fsp3) is 0.133. The Morgan fingerprint density at radius 3 is 2.27 bits per heavy atom. The minimum absolute atomic E-state index is 0.0173. The van der Waals surface area contributed by atoms with Crippen LogP contribution in [0.15, 0.2) is 42.5 Å². The minimum atomic E-state index is -4.86. The van der Waals surface area contributed by atoms with E-state index < -0.39 is 23.9 Å². The van der Waals surface area contributed by atoms with E-state index in [1.54, 1.807) is 0 Å². The van der Waals surface area contributed by atoms with Crippen LogP contribution in [0.2, 0.25) is 5.02 Å². The third-order valence-electron chi connectivity index (χ3n) is 2.87. The number of rotatable bonds is 3. The lowest BCUT2D eigenvalue weighted by atomic mass is 10.2. The summed E-state index contributed by atoms with van der Waals surface area (Å²) >= 11 is 10.8. The fourth-order valence-electron chi connectivity index (χ4n) is 1.85. The molecule has 0 amide bonds. The summed E-state index contributed by atoms with van der Waals surface area (Å²) in [6.07, 6.45) is -9.43. The highest BCUT2D eigenvalue weighted by atomic mass is 35.5. The van der Waals surface area contributed by atoms with Gasteiger partial charge in [-0.25, -0.2) is 0 Å². The summed E-state index contributed by atoms with van der Waals surface area (Å²) < 4.78 is 78.6. The third kappa shape index (κ3) is 5.95. The molecule has 0 spiro atoms. The molecule has 140 valence electrons. The van der Waals surface area contributed by atoms with Crippen LogP contribution < -0.4 is 15.4 Å². The van der Waals surface area contributed by atoms with Crippen LogP contribution in [-0.4, -0.2) is 11.5 Å². The molecule has 0 radical (unpaired) electrons. The summed E-state index contributed by atoms with van der Waals surface area (Å²) in [4.78, 5) is 0. The molecule has 0 saturated carbocycles. The number of hydrogen-bond acceptors (Lipinski definition) is 2. The Morgan fingerprint density at radius 1 is 0.962 bits per heavy atom. The number of halogens is 7. The van der Waals surface area contributed by atoms with Crippen LogP contribution in [0.1, 0.15) is 5.56 Å². The lowest BCUT2D eigenvalue weighted by molar-refractivity contribution is -0.274. The van der Waals surface area contributed by atoms with Crippen LogP contribution in [0.5, 0.6) is 5.75 Å². The highest BCUT2D eigenvalue weighted by Gasteiger charge is 2.31. The lowest BCUT2D eigenvalue weighted by Gasteiger charge is -2.15. The SMILES string of the molecule is FC(F)(F)Oc1cccc(NC(=S)Nc2cc(C(F)(F)F)ccc2Cl)c1. The summed E-state index contributed by atoms with van der Waals surface area (Å²) in [6.45, 7) is 0. The van der Waals surface area contributed by atoms with Crippen LogP contribution in [0, 0.1) is 0 Å². The average molecular weight is 415 g/mol. The van der Waals surface area contributed by atoms with Gasteiger partial charge in [-0.1, -0.05) is 17.7 Å². The highest BCUT2D eigenvalue weighted by molar-refractivity contribution is 7.80. The standard InChI is InChI=1S/C15H9ClF6N2OS/c16-11-5-4-8(14(17,18)19)6-12(11)24-13(26)23-9-2-1-3-10(7-9)25-15(20,21)22/h1-7H,(H2,23,24,26). The Balaban J connectivity index is 2.11. The van der Waals surface area contributed by atoms with Gasteiger partial charge in [-0.15, -0.1) is 13.2 Å². The van der Waals surface area contributed by atoms with Gasteiger partial charge in [0, 0.05) is 11.8 Å². The molecule has 0 saturated heterocycles. The van der Waals surface area contributed by atoms with E-state index in [0.717, 1.165) is 30.3 Å². The smallest absolute Gasteiger partial charge is 0.406 e. The average Bonchev–Trinajstić information content (AvgIpc) is 2.46. The molecular formula is C15H9ClF6N2OS. The van der Waals surface area contributed by atoms with Gasteiger partial charge in [0.1, 0.15) is 5.75 Å². The van der Waals surface area contributed by atoms with Crippen molar-refractivity contribution in [2.75, 3.05) is 10.6 Å². The first kappa shape index (κ1) is 20.1. The molecule has 2 rings (SSSR count). The molecule has 2 N–H and O–H groups in total. The Labute approximate surface area is 153 Å². The molecule has 0 heterocycles. The summed E-state index contributed by atoms with van der Waals surface area (Å²) in [7, 11) is 0. The van der Waals surface area contributed by atoms with Crippen LogP contribution >= 0.6 is 23.8 Å². The molecule has 2 aromatic carbocycles. The molecule has 0 unspecified atom stereocenters. The minimum Gasteiger partial charge on any atom is -0.406 e. The maximum Gasteiger partial charge on any atom is 0.573 e. The normalized spacial score (nSPS) is 11.8. The van der Waals surface area contributed by atoms with Gasteiger partial charge >= 0.3 is 12.5 Å². The van der Waals surface area contributed by atoms with Gasteiger partial charge in [0.05, 0.1) is 16.3 Å². The molecule has 0 aliphatic heterocycles. The zero-order valence-corrected chi connectivity index (χ0v) is 14.1. The van der Waals surface area contributed by atoms with Crippen LogP contribution in [0.3, 0.4) is 0 Å². The zero-order chi connectivity index (χ0) is 19.5. The molecule has 0 fully saturated rings. The molecule has 0 aliphatic carbocycles. The number of anilines is 2. The number of alkyl halides is 6. The number of benzene rings is 2. The Hall–Kier alpha value is -2.20. The van der Waals surface area contributed by atoms with Gasteiger partial charge in [0.25, 0.3) is 0 Å². The second-order valence-electron chi connectivity index (χ2n) is 4.85. The zero-order valence-electron chi connectivity index (χ0n) is 12.5. The predicted octanol–water partition coefficient (Wildman–Crippen LogP) is 6.07. The van der Waals surface area contributed by atoms with E-state index >= 15 is 0 Å². The molecule has 3 nitrogen and oxygen atoms in total. The van der Waals surface area contributed by atoms with Crippen LogP contribution in [-0.2, 0) is 6.18 Å². The first-order valence-electron chi connectivity index (χ1n) is 6.74. The molecule has 26 heavy (non-hydrogen) atoms. The Morgan fingerprint density at radius 2 is 1.65 bits per heavy atom. The second kappa shape index (κ2) is 7.58. The van der Waals surface area contributed by atoms with E-state index in [1.807, 2.05) is 0 Å². The maximum absolute atomic E-state index is 12.7.